The standard InChI is InChI=1S/C28H36N4O4/c1-18(2)36-26-15-21(7-11-25(26)35-4)24-10-12-27(33)32(30-24)16-20-5-8-23(9-6-20)31-14-13-22(17-31)19(3)28(29)34/h5-9,11,15,18-19,22H,10,12-14,16-17H2,1-4H3,(H2,29,34). The fourth-order valence-corrected chi connectivity index (χ4v) is 4.78. The van der Waals surface area contributed by atoms with E-state index in [0.29, 0.717) is 30.9 Å². The van der Waals surface area contributed by atoms with Gasteiger partial charge >= 0.3 is 0 Å². The highest BCUT2D eigenvalue weighted by atomic mass is 16.5. The molecule has 0 bridgehead atoms. The minimum absolute atomic E-state index is 0.0119. The lowest BCUT2D eigenvalue weighted by Gasteiger charge is -2.25. The van der Waals surface area contributed by atoms with Crippen LogP contribution < -0.4 is 20.1 Å². The Balaban J connectivity index is 1.46. The zero-order valence-corrected chi connectivity index (χ0v) is 21.6. The summed E-state index contributed by atoms with van der Waals surface area (Å²) in [5.74, 6) is 1.28. The summed E-state index contributed by atoms with van der Waals surface area (Å²) in [5.41, 5.74) is 9.40. The smallest absolute Gasteiger partial charge is 0.243 e. The number of anilines is 1. The molecule has 2 atom stereocenters. The second kappa shape index (κ2) is 11.0. The molecule has 1 saturated heterocycles. The van der Waals surface area contributed by atoms with Gasteiger partial charge in [0.2, 0.25) is 11.8 Å². The minimum atomic E-state index is -0.235. The molecule has 2 aliphatic heterocycles. The molecule has 1 fully saturated rings. The van der Waals surface area contributed by atoms with E-state index in [2.05, 4.69) is 17.0 Å². The molecule has 0 aromatic heterocycles. The number of nitrogens with two attached hydrogens (primary N) is 1. The number of carbonyl (C=O) groups is 2. The Hall–Kier alpha value is -3.55. The molecule has 2 N–H and O–H groups in total. The Morgan fingerprint density at radius 2 is 1.86 bits per heavy atom. The van der Waals surface area contributed by atoms with E-state index >= 15 is 0 Å². The van der Waals surface area contributed by atoms with Crippen LogP contribution in [0.1, 0.15) is 51.2 Å². The van der Waals surface area contributed by atoms with Crippen molar-refractivity contribution in [1.82, 2.24) is 5.01 Å². The first-order valence-corrected chi connectivity index (χ1v) is 12.6. The topological polar surface area (TPSA) is 97.5 Å². The van der Waals surface area contributed by atoms with Crippen molar-refractivity contribution in [2.24, 2.45) is 22.7 Å². The highest BCUT2D eigenvalue weighted by Gasteiger charge is 2.30. The number of methoxy groups -OCH3 is 1. The van der Waals surface area contributed by atoms with Crippen LogP contribution in [0.15, 0.2) is 47.6 Å². The second-order valence-electron chi connectivity index (χ2n) is 9.88. The Labute approximate surface area is 213 Å². The first kappa shape index (κ1) is 25.5. The summed E-state index contributed by atoms with van der Waals surface area (Å²) in [6.07, 6.45) is 1.97. The van der Waals surface area contributed by atoms with Crippen molar-refractivity contribution in [1.29, 1.82) is 0 Å². The predicted octanol–water partition coefficient (Wildman–Crippen LogP) is 3.96. The largest absolute Gasteiger partial charge is 0.493 e. The molecule has 8 nitrogen and oxygen atoms in total. The van der Waals surface area contributed by atoms with Gasteiger partial charge in [0.1, 0.15) is 0 Å². The molecule has 2 aromatic rings. The predicted molar refractivity (Wildman–Crippen MR) is 140 cm³/mol. The Bertz CT molecular complexity index is 1130. The van der Waals surface area contributed by atoms with Crippen LogP contribution in [0, 0.1) is 11.8 Å². The van der Waals surface area contributed by atoms with Crippen molar-refractivity contribution in [3.63, 3.8) is 0 Å². The normalized spacial score (nSPS) is 18.9. The van der Waals surface area contributed by atoms with Gasteiger partial charge in [0.25, 0.3) is 0 Å². The minimum Gasteiger partial charge on any atom is -0.493 e. The number of primary amides is 1. The molecule has 4 rings (SSSR count). The van der Waals surface area contributed by atoms with Crippen LogP contribution in [-0.4, -0.2) is 48.8 Å². The Morgan fingerprint density at radius 3 is 2.53 bits per heavy atom. The van der Waals surface area contributed by atoms with E-state index in [0.717, 1.165) is 42.0 Å². The maximum absolute atomic E-state index is 12.6. The first-order chi connectivity index (χ1) is 17.2. The van der Waals surface area contributed by atoms with E-state index in [4.69, 9.17) is 20.3 Å². The summed E-state index contributed by atoms with van der Waals surface area (Å²) >= 11 is 0. The molecule has 36 heavy (non-hydrogen) atoms. The summed E-state index contributed by atoms with van der Waals surface area (Å²) in [6.45, 7) is 8.00. The highest BCUT2D eigenvalue weighted by Crippen LogP contribution is 2.31. The van der Waals surface area contributed by atoms with Crippen LogP contribution in [0.4, 0.5) is 5.69 Å². The van der Waals surface area contributed by atoms with Crippen molar-refractivity contribution in [2.45, 2.75) is 52.7 Å². The van der Waals surface area contributed by atoms with Crippen molar-refractivity contribution in [3.05, 3.63) is 53.6 Å². The zero-order valence-electron chi connectivity index (χ0n) is 21.6. The van der Waals surface area contributed by atoms with Crippen molar-refractivity contribution < 1.29 is 19.1 Å². The number of hydrogen-bond acceptors (Lipinski definition) is 6. The van der Waals surface area contributed by atoms with Gasteiger partial charge in [-0.25, -0.2) is 5.01 Å². The van der Waals surface area contributed by atoms with E-state index in [-0.39, 0.29) is 29.8 Å². The van der Waals surface area contributed by atoms with Gasteiger partial charge in [0.15, 0.2) is 11.5 Å². The van der Waals surface area contributed by atoms with E-state index in [1.54, 1.807) is 12.1 Å². The van der Waals surface area contributed by atoms with Crippen LogP contribution in [-0.2, 0) is 16.1 Å². The lowest BCUT2D eigenvalue weighted by Crippen LogP contribution is -2.31. The van der Waals surface area contributed by atoms with Crippen molar-refractivity contribution in [2.75, 3.05) is 25.1 Å². The second-order valence-corrected chi connectivity index (χ2v) is 9.88. The maximum atomic E-state index is 12.6. The average Bonchev–Trinajstić information content (AvgIpc) is 3.35. The summed E-state index contributed by atoms with van der Waals surface area (Å²) in [4.78, 5) is 26.5. The van der Waals surface area contributed by atoms with E-state index in [9.17, 15) is 9.59 Å². The molecule has 0 saturated carbocycles. The third-order valence-corrected chi connectivity index (χ3v) is 6.98. The molecule has 2 amide bonds. The van der Waals surface area contributed by atoms with Crippen LogP contribution in [0.3, 0.4) is 0 Å². The van der Waals surface area contributed by atoms with Gasteiger partial charge in [-0.3, -0.25) is 9.59 Å². The van der Waals surface area contributed by atoms with Gasteiger partial charge in [-0.05, 0) is 62.1 Å². The fourth-order valence-electron chi connectivity index (χ4n) is 4.78. The van der Waals surface area contributed by atoms with Gasteiger partial charge in [-0.1, -0.05) is 19.1 Å². The molecule has 8 heteroatoms. The Kier molecular flexibility index (Phi) is 7.82. The number of carbonyl (C=O) groups excluding carboxylic acids is 2. The molecule has 2 unspecified atom stereocenters. The maximum Gasteiger partial charge on any atom is 0.243 e. The van der Waals surface area contributed by atoms with E-state index in [1.807, 2.05) is 51.1 Å². The van der Waals surface area contributed by atoms with Crippen LogP contribution in [0.2, 0.25) is 0 Å². The molecule has 2 heterocycles. The van der Waals surface area contributed by atoms with Crippen molar-refractivity contribution in [3.8, 4) is 11.5 Å². The number of hydrazone groups is 1. The zero-order chi connectivity index (χ0) is 25.8. The number of rotatable bonds is 9. The number of ether oxygens (including phenoxy) is 2. The summed E-state index contributed by atoms with van der Waals surface area (Å²) in [5, 5.41) is 6.26. The molecule has 0 aliphatic carbocycles. The van der Waals surface area contributed by atoms with Crippen LogP contribution in [0.25, 0.3) is 0 Å². The molecule has 0 spiro atoms. The molecular formula is C28H36N4O4. The van der Waals surface area contributed by atoms with Gasteiger partial charge in [-0.2, -0.15) is 5.10 Å². The Morgan fingerprint density at radius 1 is 1.11 bits per heavy atom. The van der Waals surface area contributed by atoms with Crippen molar-refractivity contribution >= 4 is 23.2 Å². The van der Waals surface area contributed by atoms with Gasteiger partial charge in [0, 0.05) is 43.1 Å². The molecule has 192 valence electrons. The molecule has 2 aliphatic rings. The summed E-state index contributed by atoms with van der Waals surface area (Å²) < 4.78 is 11.3. The molecule has 2 aromatic carbocycles. The van der Waals surface area contributed by atoms with E-state index in [1.165, 1.54) is 0 Å². The monoisotopic (exact) mass is 492 g/mol. The number of hydrogen-bond donors (Lipinski definition) is 1. The average molecular weight is 493 g/mol. The van der Waals surface area contributed by atoms with Crippen LogP contribution >= 0.6 is 0 Å². The third kappa shape index (κ3) is 5.80. The van der Waals surface area contributed by atoms with Gasteiger partial charge in [0.05, 0.1) is 25.5 Å². The number of benzene rings is 2. The summed E-state index contributed by atoms with van der Waals surface area (Å²) in [7, 11) is 1.62. The van der Waals surface area contributed by atoms with Gasteiger partial charge < -0.3 is 20.1 Å². The first-order valence-electron chi connectivity index (χ1n) is 12.6. The lowest BCUT2D eigenvalue weighted by atomic mass is 9.93. The van der Waals surface area contributed by atoms with Crippen LogP contribution in [0.5, 0.6) is 11.5 Å². The van der Waals surface area contributed by atoms with Gasteiger partial charge in [-0.15, -0.1) is 0 Å². The summed E-state index contributed by atoms with van der Waals surface area (Å²) in [6, 6.07) is 14.0. The SMILES string of the molecule is COc1ccc(C2=NN(Cc3ccc(N4CCC(C(C)C(N)=O)C4)cc3)C(=O)CC2)cc1OC(C)C. The molecule has 0 radical (unpaired) electrons. The third-order valence-electron chi connectivity index (χ3n) is 6.98. The quantitative estimate of drug-likeness (QED) is 0.572. The highest BCUT2D eigenvalue weighted by molar-refractivity contribution is 6.04. The van der Waals surface area contributed by atoms with E-state index < -0.39 is 0 Å². The molecular weight excluding hydrogens is 456 g/mol. The fraction of sp³-hybridized carbons (Fsp3) is 0.464. The lowest BCUT2D eigenvalue weighted by molar-refractivity contribution is -0.132. The number of nitrogens with zero attached hydrogens (tertiary/aromatic N) is 3. The number of amides is 2.